The molecule has 0 unspecified atom stereocenters. The summed E-state index contributed by atoms with van der Waals surface area (Å²) in [4.78, 5) is 23.1. The van der Waals surface area contributed by atoms with Crippen LogP contribution in [0.1, 0.15) is 27.6 Å². The predicted octanol–water partition coefficient (Wildman–Crippen LogP) is 2.94. The molecule has 6 heteroatoms. The number of ether oxygens (including phenoxy) is 2. The quantitative estimate of drug-likeness (QED) is 0.650. The van der Waals surface area contributed by atoms with Crippen molar-refractivity contribution in [3.8, 4) is 11.5 Å². The Bertz CT molecular complexity index is 711. The van der Waals surface area contributed by atoms with Gasteiger partial charge in [-0.1, -0.05) is 12.1 Å². The molecule has 0 aliphatic rings. The number of carboxylic acids is 1. The molecule has 0 aliphatic heterocycles. The second kappa shape index (κ2) is 6.62. The molecule has 114 valence electrons. The Morgan fingerprint density at radius 1 is 1.14 bits per heavy atom. The van der Waals surface area contributed by atoms with Crippen LogP contribution in [0.3, 0.4) is 0 Å². The van der Waals surface area contributed by atoms with E-state index >= 15 is 0 Å². The highest BCUT2D eigenvalue weighted by atomic mass is 16.5. The molecule has 0 saturated heterocycles. The normalized spacial score (nSPS) is 10.0. The van der Waals surface area contributed by atoms with Gasteiger partial charge in [-0.05, 0) is 37.3 Å². The van der Waals surface area contributed by atoms with E-state index in [0.29, 0.717) is 11.4 Å². The lowest BCUT2D eigenvalue weighted by molar-refractivity contribution is 0.0514. The number of carbonyl (C=O) groups excluding carboxylic acids is 1. The van der Waals surface area contributed by atoms with Gasteiger partial charge in [0.2, 0.25) is 0 Å². The molecule has 0 bridgehead atoms. The van der Waals surface area contributed by atoms with Crippen LogP contribution in [-0.4, -0.2) is 23.7 Å². The van der Waals surface area contributed by atoms with Crippen molar-refractivity contribution in [1.82, 2.24) is 0 Å². The molecule has 2 rings (SSSR count). The third-order valence-corrected chi connectivity index (χ3v) is 2.86. The van der Waals surface area contributed by atoms with Crippen LogP contribution >= 0.6 is 0 Å². The summed E-state index contributed by atoms with van der Waals surface area (Å²) in [6.45, 7) is 1.81. The standard InChI is InChI=1S/C16H15NO5/c1-2-21-16(20)11-8-7-10(9-12(11)15(18)19)22-14-6-4-3-5-13(14)17/h3-9H,2,17H2,1H3,(H,18,19). The molecule has 0 aromatic heterocycles. The van der Waals surface area contributed by atoms with E-state index in [0.717, 1.165) is 0 Å². The van der Waals surface area contributed by atoms with Crippen LogP contribution in [0.4, 0.5) is 5.69 Å². The number of anilines is 1. The van der Waals surface area contributed by atoms with Crippen LogP contribution in [0.15, 0.2) is 42.5 Å². The minimum atomic E-state index is -1.24. The second-order valence-corrected chi connectivity index (χ2v) is 4.37. The summed E-state index contributed by atoms with van der Waals surface area (Å²) >= 11 is 0. The van der Waals surface area contributed by atoms with Crippen molar-refractivity contribution >= 4 is 17.6 Å². The average molecular weight is 301 g/mol. The Morgan fingerprint density at radius 3 is 2.50 bits per heavy atom. The van der Waals surface area contributed by atoms with Crippen molar-refractivity contribution in [2.24, 2.45) is 0 Å². The molecule has 0 heterocycles. The first-order chi connectivity index (χ1) is 10.5. The number of nitrogens with two attached hydrogens (primary N) is 1. The summed E-state index contributed by atoms with van der Waals surface area (Å²) in [5, 5.41) is 9.24. The zero-order valence-electron chi connectivity index (χ0n) is 11.9. The molecule has 2 aromatic carbocycles. The first-order valence-corrected chi connectivity index (χ1v) is 6.59. The molecule has 0 spiro atoms. The van der Waals surface area contributed by atoms with Crippen molar-refractivity contribution in [3.05, 3.63) is 53.6 Å². The van der Waals surface area contributed by atoms with Gasteiger partial charge in [-0.15, -0.1) is 0 Å². The Morgan fingerprint density at radius 2 is 1.86 bits per heavy atom. The average Bonchev–Trinajstić information content (AvgIpc) is 2.49. The van der Waals surface area contributed by atoms with Crippen LogP contribution in [0.25, 0.3) is 0 Å². The molecule has 6 nitrogen and oxygen atoms in total. The predicted molar refractivity (Wildman–Crippen MR) is 80.3 cm³/mol. The molecule has 3 N–H and O–H groups in total. The lowest BCUT2D eigenvalue weighted by Gasteiger charge is -2.11. The fourth-order valence-electron chi connectivity index (χ4n) is 1.85. The Balaban J connectivity index is 2.35. The Hall–Kier alpha value is -3.02. The lowest BCUT2D eigenvalue weighted by Crippen LogP contribution is -2.11. The maximum atomic E-state index is 11.7. The van der Waals surface area contributed by atoms with Gasteiger partial charge in [0.25, 0.3) is 0 Å². The highest BCUT2D eigenvalue weighted by Gasteiger charge is 2.19. The van der Waals surface area contributed by atoms with E-state index in [9.17, 15) is 14.7 Å². The topological polar surface area (TPSA) is 98.9 Å². The number of hydrogen-bond acceptors (Lipinski definition) is 5. The fraction of sp³-hybridized carbons (Fsp3) is 0.125. The summed E-state index contributed by atoms with van der Waals surface area (Å²) < 4.78 is 10.4. The van der Waals surface area contributed by atoms with Gasteiger partial charge in [-0.25, -0.2) is 9.59 Å². The Kier molecular flexibility index (Phi) is 4.63. The van der Waals surface area contributed by atoms with E-state index in [-0.39, 0.29) is 23.5 Å². The zero-order valence-corrected chi connectivity index (χ0v) is 11.9. The van der Waals surface area contributed by atoms with Crippen LogP contribution in [0, 0.1) is 0 Å². The third kappa shape index (κ3) is 3.35. The molecule has 0 fully saturated rings. The smallest absolute Gasteiger partial charge is 0.339 e. The number of hydrogen-bond donors (Lipinski definition) is 2. The van der Waals surface area contributed by atoms with Gasteiger partial charge in [0.1, 0.15) is 11.5 Å². The summed E-state index contributed by atoms with van der Waals surface area (Å²) in [6.07, 6.45) is 0. The molecule has 0 aliphatic carbocycles. The fourth-order valence-corrected chi connectivity index (χ4v) is 1.85. The molecule has 2 aromatic rings. The zero-order chi connectivity index (χ0) is 16.1. The van der Waals surface area contributed by atoms with E-state index in [1.807, 2.05) is 0 Å². The second-order valence-electron chi connectivity index (χ2n) is 4.37. The molecular formula is C16H15NO5. The molecule has 0 radical (unpaired) electrons. The van der Waals surface area contributed by atoms with Crippen LogP contribution < -0.4 is 10.5 Å². The summed E-state index contributed by atoms with van der Waals surface area (Å²) in [6, 6.07) is 10.9. The van der Waals surface area contributed by atoms with E-state index in [2.05, 4.69) is 0 Å². The number of carbonyl (C=O) groups is 2. The van der Waals surface area contributed by atoms with E-state index in [4.69, 9.17) is 15.2 Å². The SMILES string of the molecule is CCOC(=O)c1ccc(Oc2ccccc2N)cc1C(=O)O. The van der Waals surface area contributed by atoms with Gasteiger partial charge >= 0.3 is 11.9 Å². The van der Waals surface area contributed by atoms with Crippen LogP contribution in [0.2, 0.25) is 0 Å². The largest absolute Gasteiger partial charge is 0.478 e. The highest BCUT2D eigenvalue weighted by Crippen LogP contribution is 2.28. The first-order valence-electron chi connectivity index (χ1n) is 6.59. The van der Waals surface area contributed by atoms with Gasteiger partial charge in [0.05, 0.1) is 23.4 Å². The summed E-state index contributed by atoms with van der Waals surface area (Å²) in [7, 11) is 0. The first kappa shape index (κ1) is 15.4. The van der Waals surface area contributed by atoms with Gasteiger partial charge in [-0.2, -0.15) is 0 Å². The van der Waals surface area contributed by atoms with Gasteiger partial charge in [0, 0.05) is 0 Å². The van der Waals surface area contributed by atoms with Crippen molar-refractivity contribution < 1.29 is 24.2 Å². The van der Waals surface area contributed by atoms with E-state index in [1.54, 1.807) is 31.2 Å². The molecule has 0 amide bonds. The minimum Gasteiger partial charge on any atom is -0.478 e. The summed E-state index contributed by atoms with van der Waals surface area (Å²) in [5.41, 5.74) is 5.98. The van der Waals surface area contributed by atoms with Crippen molar-refractivity contribution in [2.45, 2.75) is 6.92 Å². The number of benzene rings is 2. The number of carboxylic acid groups (broad SMARTS) is 1. The number of rotatable bonds is 5. The minimum absolute atomic E-state index is 0.0252. The van der Waals surface area contributed by atoms with Crippen molar-refractivity contribution in [2.75, 3.05) is 12.3 Å². The van der Waals surface area contributed by atoms with Crippen molar-refractivity contribution in [3.63, 3.8) is 0 Å². The number of para-hydroxylation sites is 2. The highest BCUT2D eigenvalue weighted by molar-refractivity contribution is 6.02. The van der Waals surface area contributed by atoms with Gasteiger partial charge in [-0.3, -0.25) is 0 Å². The van der Waals surface area contributed by atoms with Gasteiger partial charge in [0.15, 0.2) is 0 Å². The molecule has 22 heavy (non-hydrogen) atoms. The van der Waals surface area contributed by atoms with E-state index < -0.39 is 11.9 Å². The van der Waals surface area contributed by atoms with E-state index in [1.165, 1.54) is 18.2 Å². The molecule has 0 saturated carbocycles. The summed E-state index contributed by atoms with van der Waals surface area (Å²) in [5.74, 6) is -1.26. The number of esters is 1. The molecule has 0 atom stereocenters. The molecular weight excluding hydrogens is 286 g/mol. The third-order valence-electron chi connectivity index (χ3n) is 2.86. The number of nitrogen functional groups attached to an aromatic ring is 1. The van der Waals surface area contributed by atoms with Crippen molar-refractivity contribution in [1.29, 1.82) is 0 Å². The van der Waals surface area contributed by atoms with Crippen LogP contribution in [-0.2, 0) is 4.74 Å². The van der Waals surface area contributed by atoms with Gasteiger partial charge < -0.3 is 20.3 Å². The van der Waals surface area contributed by atoms with Crippen LogP contribution in [0.5, 0.6) is 11.5 Å². The Labute approximate surface area is 127 Å². The monoisotopic (exact) mass is 301 g/mol. The maximum Gasteiger partial charge on any atom is 0.339 e. The number of aromatic carboxylic acids is 1. The maximum absolute atomic E-state index is 11.7. The lowest BCUT2D eigenvalue weighted by atomic mass is 10.1.